The van der Waals surface area contributed by atoms with Crippen LogP contribution in [0.3, 0.4) is 0 Å². The molecule has 2 heterocycles. The Balaban J connectivity index is 2.32. The van der Waals surface area contributed by atoms with Crippen LogP contribution in [-0.2, 0) is 7.05 Å². The number of aryl methyl sites for hydroxylation is 1. The zero-order valence-electron chi connectivity index (χ0n) is 10.9. The van der Waals surface area contributed by atoms with Gasteiger partial charge in [0.05, 0.1) is 0 Å². The maximum Gasteiger partial charge on any atom is 0.197 e. The third-order valence-corrected chi connectivity index (χ3v) is 3.33. The molecule has 0 radical (unpaired) electrons. The summed E-state index contributed by atoms with van der Waals surface area (Å²) >= 11 is 1.48. The Hall–Kier alpha value is -1.63. The molecule has 6 nitrogen and oxygen atoms in total. The van der Waals surface area contributed by atoms with Crippen LogP contribution in [0.5, 0.6) is 0 Å². The van der Waals surface area contributed by atoms with Gasteiger partial charge < -0.3 is 9.88 Å². The van der Waals surface area contributed by atoms with Gasteiger partial charge in [-0.2, -0.15) is 0 Å². The first-order valence-electron chi connectivity index (χ1n) is 5.68. The lowest BCUT2D eigenvalue weighted by atomic mass is 10.2. The average Bonchev–Trinajstić information content (AvgIpc) is 2.74. The minimum absolute atomic E-state index is 0.289. The summed E-state index contributed by atoms with van der Waals surface area (Å²) in [6, 6.07) is 1.91. The largest absolute Gasteiger partial charge is 0.373 e. The standard InChI is InChI=1S/C11H16N6S/c1-7(2)10-14-8(12-3)5-9(15-10)18-11-16-13-6-17(11)4/h5-7H,1-4H3,(H,12,14,15). The molecule has 2 aromatic rings. The fourth-order valence-corrected chi connectivity index (χ4v) is 2.12. The number of nitrogens with one attached hydrogen (secondary N) is 1. The molecule has 0 spiro atoms. The number of anilines is 1. The second-order valence-electron chi connectivity index (χ2n) is 4.18. The van der Waals surface area contributed by atoms with Crippen molar-refractivity contribution in [2.45, 2.75) is 29.9 Å². The number of nitrogens with zero attached hydrogens (tertiary/aromatic N) is 5. The van der Waals surface area contributed by atoms with Crippen molar-refractivity contribution in [1.29, 1.82) is 0 Å². The van der Waals surface area contributed by atoms with Crippen molar-refractivity contribution in [1.82, 2.24) is 24.7 Å². The molecule has 0 saturated heterocycles. The molecule has 18 heavy (non-hydrogen) atoms. The van der Waals surface area contributed by atoms with E-state index in [1.807, 2.05) is 24.7 Å². The summed E-state index contributed by atoms with van der Waals surface area (Å²) in [7, 11) is 3.76. The Morgan fingerprint density at radius 1 is 1.33 bits per heavy atom. The fraction of sp³-hybridized carbons (Fsp3) is 0.455. The quantitative estimate of drug-likeness (QED) is 0.851. The topological polar surface area (TPSA) is 68.5 Å². The zero-order valence-corrected chi connectivity index (χ0v) is 11.7. The molecule has 0 aliphatic carbocycles. The lowest BCUT2D eigenvalue weighted by molar-refractivity contribution is 0.750. The zero-order chi connectivity index (χ0) is 13.1. The predicted molar refractivity (Wildman–Crippen MR) is 70.8 cm³/mol. The van der Waals surface area contributed by atoms with E-state index in [0.717, 1.165) is 21.8 Å². The number of rotatable bonds is 4. The molecule has 2 rings (SSSR count). The third-order valence-electron chi connectivity index (χ3n) is 2.36. The maximum absolute atomic E-state index is 4.53. The Morgan fingerprint density at radius 3 is 2.67 bits per heavy atom. The smallest absolute Gasteiger partial charge is 0.197 e. The van der Waals surface area contributed by atoms with Gasteiger partial charge >= 0.3 is 0 Å². The van der Waals surface area contributed by atoms with Crippen LogP contribution >= 0.6 is 11.8 Å². The molecule has 0 aromatic carbocycles. The number of aromatic nitrogens is 5. The SMILES string of the molecule is CNc1cc(Sc2nncn2C)nc(C(C)C)n1. The third kappa shape index (κ3) is 2.79. The highest BCUT2D eigenvalue weighted by molar-refractivity contribution is 7.99. The molecule has 0 saturated carbocycles. The second kappa shape index (κ2) is 5.34. The molecular formula is C11H16N6S. The van der Waals surface area contributed by atoms with Gasteiger partial charge in [0.25, 0.3) is 0 Å². The van der Waals surface area contributed by atoms with E-state index in [0.29, 0.717) is 0 Å². The van der Waals surface area contributed by atoms with Crippen molar-refractivity contribution in [3.63, 3.8) is 0 Å². The molecule has 0 bridgehead atoms. The highest BCUT2D eigenvalue weighted by atomic mass is 32.2. The van der Waals surface area contributed by atoms with Gasteiger partial charge in [0.1, 0.15) is 23.0 Å². The van der Waals surface area contributed by atoms with E-state index in [-0.39, 0.29) is 5.92 Å². The van der Waals surface area contributed by atoms with Crippen molar-refractivity contribution >= 4 is 17.6 Å². The van der Waals surface area contributed by atoms with Crippen LogP contribution in [0.1, 0.15) is 25.6 Å². The van der Waals surface area contributed by atoms with Gasteiger partial charge in [0.2, 0.25) is 0 Å². The first-order valence-corrected chi connectivity index (χ1v) is 6.50. The van der Waals surface area contributed by atoms with Crippen molar-refractivity contribution in [2.24, 2.45) is 7.05 Å². The van der Waals surface area contributed by atoms with Gasteiger partial charge in [-0.05, 0) is 11.8 Å². The monoisotopic (exact) mass is 264 g/mol. The summed E-state index contributed by atoms with van der Waals surface area (Å²) in [5.74, 6) is 1.93. The summed E-state index contributed by atoms with van der Waals surface area (Å²) < 4.78 is 1.86. The average molecular weight is 264 g/mol. The highest BCUT2D eigenvalue weighted by Crippen LogP contribution is 2.26. The van der Waals surface area contributed by atoms with E-state index >= 15 is 0 Å². The van der Waals surface area contributed by atoms with Gasteiger partial charge in [-0.1, -0.05) is 13.8 Å². The van der Waals surface area contributed by atoms with Gasteiger partial charge in [-0.3, -0.25) is 0 Å². The summed E-state index contributed by atoms with van der Waals surface area (Å²) in [5, 5.41) is 12.6. The van der Waals surface area contributed by atoms with E-state index in [1.54, 1.807) is 6.33 Å². The van der Waals surface area contributed by atoms with Crippen LogP contribution in [0, 0.1) is 0 Å². The van der Waals surface area contributed by atoms with Crippen LogP contribution in [0.15, 0.2) is 22.6 Å². The van der Waals surface area contributed by atoms with Gasteiger partial charge in [-0.25, -0.2) is 9.97 Å². The fourth-order valence-electron chi connectivity index (χ4n) is 1.34. The second-order valence-corrected chi connectivity index (χ2v) is 5.17. The van der Waals surface area contributed by atoms with Crippen LogP contribution in [-0.4, -0.2) is 31.8 Å². The minimum atomic E-state index is 0.289. The molecule has 0 unspecified atom stereocenters. The summed E-state index contributed by atoms with van der Waals surface area (Å²) in [6.07, 6.45) is 1.67. The Morgan fingerprint density at radius 2 is 2.11 bits per heavy atom. The van der Waals surface area contributed by atoms with Gasteiger partial charge in [-0.15, -0.1) is 10.2 Å². The molecule has 96 valence electrons. The predicted octanol–water partition coefficient (Wildman–Crippen LogP) is 1.92. The first kappa shape index (κ1) is 12.8. The first-order chi connectivity index (χ1) is 8.60. The molecule has 7 heteroatoms. The van der Waals surface area contributed by atoms with Crippen LogP contribution in [0.2, 0.25) is 0 Å². The molecule has 0 atom stereocenters. The lowest BCUT2D eigenvalue weighted by Crippen LogP contribution is -2.03. The molecule has 0 amide bonds. The summed E-state index contributed by atoms with van der Waals surface area (Å²) in [5.41, 5.74) is 0. The molecule has 0 aliphatic rings. The van der Waals surface area contributed by atoms with E-state index in [2.05, 4.69) is 39.3 Å². The van der Waals surface area contributed by atoms with Crippen molar-refractivity contribution in [3.8, 4) is 0 Å². The van der Waals surface area contributed by atoms with E-state index < -0.39 is 0 Å². The van der Waals surface area contributed by atoms with Crippen LogP contribution in [0.4, 0.5) is 5.82 Å². The molecule has 0 aliphatic heterocycles. The Labute approximate surface area is 110 Å². The summed E-state index contributed by atoms with van der Waals surface area (Å²) in [4.78, 5) is 8.95. The molecular weight excluding hydrogens is 248 g/mol. The van der Waals surface area contributed by atoms with Crippen molar-refractivity contribution < 1.29 is 0 Å². The van der Waals surface area contributed by atoms with Crippen LogP contribution in [0.25, 0.3) is 0 Å². The molecule has 1 N–H and O–H groups in total. The van der Waals surface area contributed by atoms with E-state index in [4.69, 9.17) is 0 Å². The number of hydrogen-bond donors (Lipinski definition) is 1. The normalized spacial score (nSPS) is 10.9. The number of hydrogen-bond acceptors (Lipinski definition) is 6. The van der Waals surface area contributed by atoms with Gasteiger partial charge in [0.15, 0.2) is 5.16 Å². The van der Waals surface area contributed by atoms with E-state index in [1.165, 1.54) is 11.8 Å². The lowest BCUT2D eigenvalue weighted by Gasteiger charge is -2.09. The molecule has 2 aromatic heterocycles. The van der Waals surface area contributed by atoms with Crippen molar-refractivity contribution in [2.75, 3.05) is 12.4 Å². The molecule has 0 fully saturated rings. The summed E-state index contributed by atoms with van der Waals surface area (Å²) in [6.45, 7) is 4.15. The van der Waals surface area contributed by atoms with Crippen molar-refractivity contribution in [3.05, 3.63) is 18.2 Å². The van der Waals surface area contributed by atoms with Crippen LogP contribution < -0.4 is 5.32 Å². The van der Waals surface area contributed by atoms with E-state index in [9.17, 15) is 0 Å². The highest BCUT2D eigenvalue weighted by Gasteiger charge is 2.10. The Kier molecular flexibility index (Phi) is 3.81. The minimum Gasteiger partial charge on any atom is -0.373 e. The Bertz CT molecular complexity index is 536. The maximum atomic E-state index is 4.53. The van der Waals surface area contributed by atoms with Gasteiger partial charge in [0, 0.05) is 26.1 Å².